The van der Waals surface area contributed by atoms with E-state index in [1.54, 1.807) is 19.9 Å². The molecule has 2 aliphatic carbocycles. The smallest absolute Gasteiger partial charge is 0.307 e. The average molecular weight is 442 g/mol. The van der Waals surface area contributed by atoms with Gasteiger partial charge in [-0.2, -0.15) is 0 Å². The Morgan fingerprint density at radius 2 is 1.58 bits per heavy atom. The molecule has 4 atom stereocenters. The van der Waals surface area contributed by atoms with Gasteiger partial charge in [0.15, 0.2) is 0 Å². The van der Waals surface area contributed by atoms with Gasteiger partial charge in [0.05, 0.1) is 16.7 Å². The van der Waals surface area contributed by atoms with Crippen LogP contribution in [0.25, 0.3) is 0 Å². The Morgan fingerprint density at radius 1 is 1.00 bits per heavy atom. The van der Waals surface area contributed by atoms with Crippen molar-refractivity contribution in [2.24, 2.45) is 23.7 Å². The van der Waals surface area contributed by atoms with Gasteiger partial charge in [0.25, 0.3) is 10.0 Å². The minimum atomic E-state index is -3.91. The third-order valence-electron chi connectivity index (χ3n) is 5.69. The Hall–Kier alpha value is -3.27. The van der Waals surface area contributed by atoms with E-state index in [2.05, 4.69) is 20.0 Å². The molecule has 1 saturated carbocycles. The van der Waals surface area contributed by atoms with Crippen LogP contribution in [-0.4, -0.2) is 35.4 Å². The van der Waals surface area contributed by atoms with Gasteiger partial charge in [-0.3, -0.25) is 9.59 Å². The number of hydrogen-bond donors (Lipinski definition) is 3. The molecule has 0 unspecified atom stereocenters. The number of sulfonamides is 1. The summed E-state index contributed by atoms with van der Waals surface area (Å²) < 4.78 is 27.6. The number of aryl methyl sites for hydroxylation is 2. The topological polar surface area (TPSA) is 138 Å². The van der Waals surface area contributed by atoms with Gasteiger partial charge >= 0.3 is 5.97 Å². The van der Waals surface area contributed by atoms with Gasteiger partial charge in [-0.15, -0.1) is 0 Å². The number of nitrogens with zero attached hydrogens (tertiary/aromatic N) is 2. The second-order valence-electron chi connectivity index (χ2n) is 7.93. The number of carbonyl (C=O) groups excluding carboxylic acids is 1. The number of carbonyl (C=O) groups is 2. The zero-order valence-electron chi connectivity index (χ0n) is 16.9. The van der Waals surface area contributed by atoms with Crippen LogP contribution in [0.15, 0.2) is 47.4 Å². The van der Waals surface area contributed by atoms with Crippen molar-refractivity contribution in [3.63, 3.8) is 0 Å². The van der Waals surface area contributed by atoms with Crippen LogP contribution in [0.5, 0.6) is 0 Å². The summed E-state index contributed by atoms with van der Waals surface area (Å²) in [5, 5.41) is 12.2. The zero-order chi connectivity index (χ0) is 22.3. The minimum Gasteiger partial charge on any atom is -0.481 e. The van der Waals surface area contributed by atoms with Crippen molar-refractivity contribution in [2.45, 2.75) is 25.2 Å². The van der Waals surface area contributed by atoms with E-state index in [-0.39, 0.29) is 28.6 Å². The molecule has 1 amide bonds. The molecule has 0 saturated heterocycles. The van der Waals surface area contributed by atoms with Crippen molar-refractivity contribution >= 4 is 33.5 Å². The van der Waals surface area contributed by atoms with Crippen molar-refractivity contribution in [1.29, 1.82) is 0 Å². The molecule has 2 aromatic rings. The fraction of sp³-hybridized carbons (Fsp3) is 0.333. The van der Waals surface area contributed by atoms with Crippen molar-refractivity contribution < 1.29 is 23.1 Å². The van der Waals surface area contributed by atoms with Crippen LogP contribution < -0.4 is 10.0 Å². The first-order valence-electron chi connectivity index (χ1n) is 9.81. The number of allylic oxidation sites excluding steroid dienone is 2. The largest absolute Gasteiger partial charge is 0.481 e. The van der Waals surface area contributed by atoms with Crippen LogP contribution in [0.2, 0.25) is 0 Å². The fourth-order valence-corrected chi connectivity index (χ4v) is 5.35. The normalized spacial score (nSPS) is 24.2. The first kappa shape index (κ1) is 21.0. The van der Waals surface area contributed by atoms with Crippen LogP contribution in [-0.2, 0) is 19.6 Å². The molecule has 10 heteroatoms. The van der Waals surface area contributed by atoms with Gasteiger partial charge in [0, 0.05) is 17.1 Å². The molecule has 2 bridgehead atoms. The summed E-state index contributed by atoms with van der Waals surface area (Å²) in [5.74, 6) is -2.95. The fourth-order valence-electron chi connectivity index (χ4n) is 4.41. The molecule has 9 nitrogen and oxygen atoms in total. The summed E-state index contributed by atoms with van der Waals surface area (Å²) in [6.45, 7) is 3.48. The van der Waals surface area contributed by atoms with Gasteiger partial charge in [0.2, 0.25) is 11.9 Å². The summed E-state index contributed by atoms with van der Waals surface area (Å²) in [6.07, 6.45) is 4.45. The SMILES string of the molecule is Cc1cc(C)nc(NS(=O)(=O)c2ccc(NC(=O)[C@H]3[C@@H](C(=O)O)[C@@H]4C=C[C@@H]3C4)cc2)n1. The highest BCUT2D eigenvalue weighted by Gasteiger charge is 2.51. The van der Waals surface area contributed by atoms with Crippen LogP contribution in [0.1, 0.15) is 17.8 Å². The standard InChI is InChI=1S/C21H22N4O5S/c1-11-9-12(2)23-21(22-11)25-31(29,30)16-7-5-15(6-8-16)24-19(26)17-13-3-4-14(10-13)18(17)20(27)28/h3-9,13-14,17-18H,10H2,1-2H3,(H,24,26)(H,27,28)(H,22,23,25)/t13-,14-,17-,18+/m1/s1. The Bertz CT molecular complexity index is 1160. The Morgan fingerprint density at radius 3 is 2.16 bits per heavy atom. The summed E-state index contributed by atoms with van der Waals surface area (Å²) in [7, 11) is -3.91. The zero-order valence-corrected chi connectivity index (χ0v) is 17.8. The molecule has 0 spiro atoms. The van der Waals surface area contributed by atoms with E-state index in [1.807, 2.05) is 12.2 Å². The Kier molecular flexibility index (Phi) is 5.26. The van der Waals surface area contributed by atoms with E-state index in [9.17, 15) is 23.1 Å². The monoisotopic (exact) mass is 442 g/mol. The molecular weight excluding hydrogens is 420 g/mol. The molecule has 31 heavy (non-hydrogen) atoms. The van der Waals surface area contributed by atoms with E-state index in [0.29, 0.717) is 23.5 Å². The lowest BCUT2D eigenvalue weighted by atomic mass is 9.82. The summed E-state index contributed by atoms with van der Waals surface area (Å²) in [6, 6.07) is 7.38. The van der Waals surface area contributed by atoms with Crippen molar-refractivity contribution in [3.05, 3.63) is 53.9 Å². The number of aromatic nitrogens is 2. The summed E-state index contributed by atoms with van der Waals surface area (Å²) in [4.78, 5) is 32.5. The number of carboxylic acid groups (broad SMARTS) is 1. The van der Waals surface area contributed by atoms with Crippen LogP contribution in [0.4, 0.5) is 11.6 Å². The lowest BCUT2D eigenvalue weighted by molar-refractivity contribution is -0.146. The second kappa shape index (κ2) is 7.77. The van der Waals surface area contributed by atoms with E-state index in [0.717, 1.165) is 0 Å². The average Bonchev–Trinajstić information content (AvgIpc) is 3.28. The molecule has 3 N–H and O–H groups in total. The van der Waals surface area contributed by atoms with Gasteiger partial charge in [-0.25, -0.2) is 23.1 Å². The van der Waals surface area contributed by atoms with Crippen LogP contribution >= 0.6 is 0 Å². The first-order chi connectivity index (χ1) is 14.6. The molecule has 1 heterocycles. The number of benzene rings is 1. The molecular formula is C21H22N4O5S. The second-order valence-corrected chi connectivity index (χ2v) is 9.61. The number of carboxylic acids is 1. The number of amides is 1. The molecule has 4 rings (SSSR count). The third kappa shape index (κ3) is 4.15. The summed E-state index contributed by atoms with van der Waals surface area (Å²) in [5.41, 5.74) is 1.67. The third-order valence-corrected chi connectivity index (χ3v) is 7.03. The molecule has 1 aromatic carbocycles. The van der Waals surface area contributed by atoms with E-state index in [1.165, 1.54) is 24.3 Å². The van der Waals surface area contributed by atoms with Crippen LogP contribution in [0.3, 0.4) is 0 Å². The predicted molar refractivity (Wildman–Crippen MR) is 113 cm³/mol. The lowest BCUT2D eigenvalue weighted by Gasteiger charge is -2.23. The molecule has 0 aliphatic heterocycles. The maximum Gasteiger partial charge on any atom is 0.307 e. The Labute approximate surface area is 179 Å². The number of aliphatic carboxylic acids is 1. The van der Waals surface area contributed by atoms with E-state index < -0.39 is 27.8 Å². The van der Waals surface area contributed by atoms with Crippen molar-refractivity contribution in [2.75, 3.05) is 10.0 Å². The number of hydrogen-bond acceptors (Lipinski definition) is 6. The number of rotatable bonds is 6. The molecule has 1 fully saturated rings. The van der Waals surface area contributed by atoms with E-state index in [4.69, 9.17) is 0 Å². The van der Waals surface area contributed by atoms with Gasteiger partial charge in [0.1, 0.15) is 0 Å². The lowest BCUT2D eigenvalue weighted by Crippen LogP contribution is -2.36. The predicted octanol–water partition coefficient (Wildman–Crippen LogP) is 2.36. The number of anilines is 2. The Balaban J connectivity index is 1.47. The number of nitrogens with one attached hydrogen (secondary N) is 2. The highest BCUT2D eigenvalue weighted by atomic mass is 32.2. The molecule has 1 aromatic heterocycles. The van der Waals surface area contributed by atoms with E-state index >= 15 is 0 Å². The minimum absolute atomic E-state index is 0.0143. The van der Waals surface area contributed by atoms with Gasteiger partial charge in [-0.05, 0) is 62.4 Å². The van der Waals surface area contributed by atoms with Gasteiger partial charge in [-0.1, -0.05) is 12.2 Å². The molecule has 0 radical (unpaired) electrons. The highest BCUT2D eigenvalue weighted by Crippen LogP contribution is 2.48. The first-order valence-corrected chi connectivity index (χ1v) is 11.3. The number of fused-ring (bicyclic) bond motifs is 2. The maximum absolute atomic E-state index is 12.8. The van der Waals surface area contributed by atoms with Crippen molar-refractivity contribution in [3.8, 4) is 0 Å². The quantitative estimate of drug-likeness (QED) is 0.584. The highest BCUT2D eigenvalue weighted by molar-refractivity contribution is 7.92. The maximum atomic E-state index is 12.8. The summed E-state index contributed by atoms with van der Waals surface area (Å²) >= 11 is 0. The van der Waals surface area contributed by atoms with Crippen molar-refractivity contribution in [1.82, 2.24) is 9.97 Å². The van der Waals surface area contributed by atoms with Gasteiger partial charge < -0.3 is 10.4 Å². The van der Waals surface area contributed by atoms with Crippen LogP contribution in [0, 0.1) is 37.5 Å². The molecule has 2 aliphatic rings. The molecule has 162 valence electrons.